The van der Waals surface area contributed by atoms with Gasteiger partial charge >= 0.3 is 0 Å². The molecule has 0 radical (unpaired) electrons. The van der Waals surface area contributed by atoms with Crippen molar-refractivity contribution in [3.8, 4) is 0 Å². The molecule has 1 fully saturated rings. The normalized spacial score (nSPS) is 24.0. The summed E-state index contributed by atoms with van der Waals surface area (Å²) < 4.78 is 5.63. The molecule has 0 aromatic heterocycles. The van der Waals surface area contributed by atoms with E-state index in [1.54, 1.807) is 0 Å². The monoisotopic (exact) mass is 217 g/mol. The SMILES string of the molecule is CCNC(CCC1CCCO1)CSC. The summed E-state index contributed by atoms with van der Waals surface area (Å²) in [5, 5.41) is 3.53. The third-order valence-corrected chi connectivity index (χ3v) is 3.46. The van der Waals surface area contributed by atoms with Crippen molar-refractivity contribution in [2.24, 2.45) is 0 Å². The van der Waals surface area contributed by atoms with Crippen LogP contribution in [0.5, 0.6) is 0 Å². The molecule has 2 atom stereocenters. The van der Waals surface area contributed by atoms with E-state index < -0.39 is 0 Å². The molecule has 1 aliphatic heterocycles. The van der Waals surface area contributed by atoms with Crippen molar-refractivity contribution in [1.82, 2.24) is 5.32 Å². The van der Waals surface area contributed by atoms with Gasteiger partial charge in [-0.05, 0) is 38.5 Å². The van der Waals surface area contributed by atoms with Crippen LogP contribution < -0.4 is 5.32 Å². The molecule has 0 aromatic rings. The van der Waals surface area contributed by atoms with Gasteiger partial charge in [-0.15, -0.1) is 0 Å². The maximum Gasteiger partial charge on any atom is 0.0576 e. The summed E-state index contributed by atoms with van der Waals surface area (Å²) >= 11 is 1.93. The largest absolute Gasteiger partial charge is 0.378 e. The molecule has 2 nitrogen and oxygen atoms in total. The van der Waals surface area contributed by atoms with Gasteiger partial charge in [0.2, 0.25) is 0 Å². The van der Waals surface area contributed by atoms with E-state index >= 15 is 0 Å². The molecule has 0 aliphatic carbocycles. The van der Waals surface area contributed by atoms with E-state index in [2.05, 4.69) is 18.5 Å². The second kappa shape index (κ2) is 7.55. The molecule has 0 bridgehead atoms. The first-order valence-corrected chi connectivity index (χ1v) is 7.10. The number of ether oxygens (including phenoxy) is 1. The Morgan fingerprint density at radius 3 is 3.00 bits per heavy atom. The maximum atomic E-state index is 5.63. The smallest absolute Gasteiger partial charge is 0.0576 e. The van der Waals surface area contributed by atoms with Crippen LogP contribution in [-0.4, -0.2) is 37.3 Å². The van der Waals surface area contributed by atoms with E-state index in [0.717, 1.165) is 13.2 Å². The van der Waals surface area contributed by atoms with Gasteiger partial charge in [-0.3, -0.25) is 0 Å². The molecule has 0 amide bonds. The molecule has 0 aromatic carbocycles. The Morgan fingerprint density at radius 2 is 2.43 bits per heavy atom. The lowest BCUT2D eigenvalue weighted by Gasteiger charge is -2.18. The molecule has 0 spiro atoms. The standard InChI is InChI=1S/C11H23NOS/c1-3-12-10(9-14-2)6-7-11-5-4-8-13-11/h10-12H,3-9H2,1-2H3. The molecule has 84 valence electrons. The lowest BCUT2D eigenvalue weighted by molar-refractivity contribution is 0.100. The van der Waals surface area contributed by atoms with Crippen LogP contribution in [0.2, 0.25) is 0 Å². The Bertz CT molecular complexity index is 131. The molecule has 1 saturated heterocycles. The first-order valence-electron chi connectivity index (χ1n) is 5.70. The van der Waals surface area contributed by atoms with Crippen LogP contribution in [0, 0.1) is 0 Å². The van der Waals surface area contributed by atoms with Gasteiger partial charge in [-0.1, -0.05) is 6.92 Å². The summed E-state index contributed by atoms with van der Waals surface area (Å²) in [5.41, 5.74) is 0. The predicted octanol–water partition coefficient (Wildman–Crippen LogP) is 2.29. The minimum atomic E-state index is 0.554. The van der Waals surface area contributed by atoms with Crippen LogP contribution in [0.15, 0.2) is 0 Å². The van der Waals surface area contributed by atoms with E-state index in [1.807, 2.05) is 11.8 Å². The number of hydrogen-bond acceptors (Lipinski definition) is 3. The van der Waals surface area contributed by atoms with Crippen LogP contribution in [0.3, 0.4) is 0 Å². The van der Waals surface area contributed by atoms with Gasteiger partial charge in [0, 0.05) is 18.4 Å². The molecular formula is C11H23NOS. The highest BCUT2D eigenvalue weighted by atomic mass is 32.2. The summed E-state index contributed by atoms with van der Waals surface area (Å²) in [6.45, 7) is 4.25. The van der Waals surface area contributed by atoms with Gasteiger partial charge in [-0.25, -0.2) is 0 Å². The Balaban J connectivity index is 2.10. The third kappa shape index (κ3) is 4.67. The number of hydrogen-bond donors (Lipinski definition) is 1. The highest BCUT2D eigenvalue weighted by Crippen LogP contribution is 2.18. The molecule has 1 heterocycles. The zero-order valence-corrected chi connectivity index (χ0v) is 10.2. The Morgan fingerprint density at radius 1 is 1.57 bits per heavy atom. The highest BCUT2D eigenvalue weighted by molar-refractivity contribution is 7.98. The lowest BCUT2D eigenvalue weighted by Crippen LogP contribution is -2.32. The fourth-order valence-corrected chi connectivity index (χ4v) is 2.68. The average Bonchev–Trinajstić information content (AvgIpc) is 2.67. The van der Waals surface area contributed by atoms with Gasteiger partial charge in [-0.2, -0.15) is 11.8 Å². The van der Waals surface area contributed by atoms with Crippen molar-refractivity contribution in [1.29, 1.82) is 0 Å². The van der Waals surface area contributed by atoms with E-state index in [0.29, 0.717) is 12.1 Å². The van der Waals surface area contributed by atoms with E-state index in [9.17, 15) is 0 Å². The summed E-state index contributed by atoms with van der Waals surface area (Å²) in [6, 6.07) is 0.680. The number of thioether (sulfide) groups is 1. The van der Waals surface area contributed by atoms with E-state index in [1.165, 1.54) is 31.4 Å². The quantitative estimate of drug-likeness (QED) is 0.707. The number of nitrogens with one attached hydrogen (secondary N) is 1. The number of rotatable bonds is 7. The maximum absolute atomic E-state index is 5.63. The van der Waals surface area contributed by atoms with Crippen molar-refractivity contribution in [2.75, 3.05) is 25.2 Å². The fourth-order valence-electron chi connectivity index (χ4n) is 1.99. The molecule has 1 rings (SSSR count). The van der Waals surface area contributed by atoms with Crippen molar-refractivity contribution < 1.29 is 4.74 Å². The molecule has 1 aliphatic rings. The van der Waals surface area contributed by atoms with Gasteiger partial charge in [0.15, 0.2) is 0 Å². The summed E-state index contributed by atoms with van der Waals surface area (Å²) in [6.07, 6.45) is 7.77. The first-order chi connectivity index (χ1) is 6.86. The minimum Gasteiger partial charge on any atom is -0.378 e. The molecule has 14 heavy (non-hydrogen) atoms. The minimum absolute atomic E-state index is 0.554. The van der Waals surface area contributed by atoms with Crippen molar-refractivity contribution in [3.05, 3.63) is 0 Å². The van der Waals surface area contributed by atoms with Crippen LogP contribution >= 0.6 is 11.8 Å². The van der Waals surface area contributed by atoms with Crippen LogP contribution in [0.25, 0.3) is 0 Å². The molecular weight excluding hydrogens is 194 g/mol. The van der Waals surface area contributed by atoms with E-state index in [4.69, 9.17) is 4.74 Å². The molecule has 0 saturated carbocycles. The van der Waals surface area contributed by atoms with Gasteiger partial charge in [0.05, 0.1) is 6.10 Å². The molecule has 2 unspecified atom stereocenters. The lowest BCUT2D eigenvalue weighted by atomic mass is 10.1. The van der Waals surface area contributed by atoms with Gasteiger partial charge < -0.3 is 10.1 Å². The van der Waals surface area contributed by atoms with Crippen LogP contribution in [0.1, 0.15) is 32.6 Å². The summed E-state index contributed by atoms with van der Waals surface area (Å²) in [5.74, 6) is 1.22. The fraction of sp³-hybridized carbons (Fsp3) is 1.00. The van der Waals surface area contributed by atoms with E-state index in [-0.39, 0.29) is 0 Å². The Labute approximate surface area is 92.2 Å². The van der Waals surface area contributed by atoms with Crippen molar-refractivity contribution in [2.45, 2.75) is 44.8 Å². The van der Waals surface area contributed by atoms with Crippen LogP contribution in [-0.2, 0) is 4.74 Å². The highest BCUT2D eigenvalue weighted by Gasteiger charge is 2.17. The topological polar surface area (TPSA) is 21.3 Å². The van der Waals surface area contributed by atoms with Crippen molar-refractivity contribution >= 4 is 11.8 Å². The summed E-state index contributed by atoms with van der Waals surface area (Å²) in [4.78, 5) is 0. The second-order valence-electron chi connectivity index (χ2n) is 3.92. The van der Waals surface area contributed by atoms with Gasteiger partial charge in [0.1, 0.15) is 0 Å². The molecule has 3 heteroatoms. The molecule has 1 N–H and O–H groups in total. The van der Waals surface area contributed by atoms with Gasteiger partial charge in [0.25, 0.3) is 0 Å². The summed E-state index contributed by atoms with van der Waals surface area (Å²) in [7, 11) is 0. The second-order valence-corrected chi connectivity index (χ2v) is 4.83. The average molecular weight is 217 g/mol. The first kappa shape index (κ1) is 12.3. The van der Waals surface area contributed by atoms with Crippen molar-refractivity contribution in [3.63, 3.8) is 0 Å². The predicted molar refractivity (Wildman–Crippen MR) is 64.1 cm³/mol. The Hall–Kier alpha value is 0.270. The zero-order valence-electron chi connectivity index (χ0n) is 9.42. The third-order valence-electron chi connectivity index (χ3n) is 2.72. The Kier molecular flexibility index (Phi) is 6.65. The zero-order chi connectivity index (χ0) is 10.2. The van der Waals surface area contributed by atoms with Crippen LogP contribution in [0.4, 0.5) is 0 Å².